The molecule has 0 atom stereocenters. The van der Waals surface area contributed by atoms with Gasteiger partial charge in [-0.15, -0.1) is 45.3 Å². The monoisotopic (exact) mass is 428 g/mol. The van der Waals surface area contributed by atoms with E-state index in [1.54, 1.807) is 4.88 Å². The van der Waals surface area contributed by atoms with Gasteiger partial charge in [-0.2, -0.15) is 0 Å². The number of aryl methyl sites for hydroxylation is 3. The Balaban J connectivity index is 0.000000807. The number of benzene rings is 1. The molecule has 3 aromatic rings. The van der Waals surface area contributed by atoms with E-state index in [1.165, 1.54) is 42.5 Å². The minimum Gasteiger partial charge on any atom is -0.294 e. The highest BCUT2D eigenvalue weighted by molar-refractivity contribution is 8.93. The van der Waals surface area contributed by atoms with Crippen molar-refractivity contribution in [2.24, 2.45) is 0 Å². The Hall–Kier alpha value is -0.650. The minimum atomic E-state index is 0. The third kappa shape index (κ3) is 2.96. The Labute approximate surface area is 149 Å². The lowest BCUT2D eigenvalue weighted by Crippen LogP contribution is -2.01. The first kappa shape index (κ1) is 16.7. The second-order valence-electron chi connectivity index (χ2n) is 5.32. The van der Waals surface area contributed by atoms with Crippen LogP contribution in [0.4, 0.5) is 0 Å². The van der Waals surface area contributed by atoms with Crippen molar-refractivity contribution in [1.82, 2.24) is 9.38 Å². The summed E-state index contributed by atoms with van der Waals surface area (Å²) in [4.78, 5) is 7.50. The molecule has 2 heterocycles. The van der Waals surface area contributed by atoms with E-state index >= 15 is 0 Å². The summed E-state index contributed by atoms with van der Waals surface area (Å²) >= 11 is 1.87. The first-order chi connectivity index (χ1) is 9.31. The van der Waals surface area contributed by atoms with Crippen LogP contribution in [0.1, 0.15) is 29.0 Å². The van der Waals surface area contributed by atoms with E-state index in [4.69, 9.17) is 4.98 Å². The molecule has 2 aromatic heterocycles. The van der Waals surface area contributed by atoms with Crippen LogP contribution in [-0.4, -0.2) is 9.38 Å². The SMILES string of the molecule is Br.Br.Cc1ccc(-c2cn3c4c(sc3n2)CCCC4)cc1. The normalized spacial score (nSPS) is 13.4. The quantitative estimate of drug-likeness (QED) is 0.505. The molecule has 0 saturated heterocycles. The molecule has 0 spiro atoms. The Morgan fingerprint density at radius 1 is 1.05 bits per heavy atom. The molecule has 0 saturated carbocycles. The van der Waals surface area contributed by atoms with E-state index in [0.717, 1.165) is 10.7 Å². The van der Waals surface area contributed by atoms with Gasteiger partial charge < -0.3 is 0 Å². The summed E-state index contributed by atoms with van der Waals surface area (Å²) in [5.41, 5.74) is 5.10. The van der Waals surface area contributed by atoms with Crippen LogP contribution in [0.25, 0.3) is 16.2 Å². The van der Waals surface area contributed by atoms with Gasteiger partial charge in [0.25, 0.3) is 0 Å². The fourth-order valence-electron chi connectivity index (χ4n) is 2.83. The van der Waals surface area contributed by atoms with Crippen LogP contribution in [0, 0.1) is 6.92 Å². The van der Waals surface area contributed by atoms with Crippen LogP contribution >= 0.6 is 45.3 Å². The zero-order valence-electron chi connectivity index (χ0n) is 11.8. The van der Waals surface area contributed by atoms with Gasteiger partial charge in [-0.25, -0.2) is 4.98 Å². The number of hydrogen-bond donors (Lipinski definition) is 0. The highest BCUT2D eigenvalue weighted by Gasteiger charge is 2.17. The highest BCUT2D eigenvalue weighted by Crippen LogP contribution is 2.32. The summed E-state index contributed by atoms with van der Waals surface area (Å²) in [6, 6.07) is 8.62. The molecule has 0 bridgehead atoms. The maximum absolute atomic E-state index is 4.80. The molecule has 1 aliphatic carbocycles. The molecule has 0 N–H and O–H groups in total. The minimum absolute atomic E-state index is 0. The van der Waals surface area contributed by atoms with Gasteiger partial charge in [0.2, 0.25) is 0 Å². The lowest BCUT2D eigenvalue weighted by atomic mass is 10.0. The van der Waals surface area contributed by atoms with E-state index in [0.29, 0.717) is 0 Å². The zero-order valence-corrected chi connectivity index (χ0v) is 16.1. The van der Waals surface area contributed by atoms with Gasteiger partial charge in [-0.1, -0.05) is 29.8 Å². The fraction of sp³-hybridized carbons (Fsp3) is 0.312. The second kappa shape index (κ2) is 6.63. The number of fused-ring (bicyclic) bond motifs is 3. The summed E-state index contributed by atoms with van der Waals surface area (Å²) in [6.07, 6.45) is 7.31. The van der Waals surface area contributed by atoms with E-state index in [-0.39, 0.29) is 34.0 Å². The van der Waals surface area contributed by atoms with Crippen LogP contribution in [0.3, 0.4) is 0 Å². The molecule has 0 radical (unpaired) electrons. The van der Waals surface area contributed by atoms with Crippen molar-refractivity contribution in [2.45, 2.75) is 32.6 Å². The Bertz CT molecular complexity index is 744. The molecular weight excluding hydrogens is 412 g/mol. The van der Waals surface area contributed by atoms with Gasteiger partial charge in [-0.05, 0) is 32.6 Å². The topological polar surface area (TPSA) is 17.3 Å². The van der Waals surface area contributed by atoms with Crippen molar-refractivity contribution in [3.05, 3.63) is 46.6 Å². The van der Waals surface area contributed by atoms with Crippen molar-refractivity contribution in [3.63, 3.8) is 0 Å². The maximum Gasteiger partial charge on any atom is 0.194 e. The molecule has 5 heteroatoms. The average molecular weight is 430 g/mol. The standard InChI is InChI=1S/C16H16N2S.2BrH/c1-11-6-8-12(9-7-11)13-10-18-14-4-2-3-5-15(14)19-16(18)17-13;;/h6-10H,2-5H2,1H3;2*1H. The van der Waals surface area contributed by atoms with Crippen LogP contribution in [0.15, 0.2) is 30.5 Å². The first-order valence-electron chi connectivity index (χ1n) is 6.88. The highest BCUT2D eigenvalue weighted by atomic mass is 79.9. The molecule has 2 nitrogen and oxygen atoms in total. The molecule has 0 aliphatic heterocycles. The fourth-order valence-corrected chi connectivity index (χ4v) is 4.02. The zero-order chi connectivity index (χ0) is 12.8. The van der Waals surface area contributed by atoms with Crippen LogP contribution < -0.4 is 0 Å². The smallest absolute Gasteiger partial charge is 0.194 e. The molecule has 0 amide bonds. The number of thiazole rings is 1. The molecule has 112 valence electrons. The largest absolute Gasteiger partial charge is 0.294 e. The van der Waals surface area contributed by atoms with Crippen LogP contribution in [0.2, 0.25) is 0 Å². The molecular formula is C16H18Br2N2S. The third-order valence-electron chi connectivity index (χ3n) is 3.92. The van der Waals surface area contributed by atoms with Crippen molar-refractivity contribution in [2.75, 3.05) is 0 Å². The predicted molar refractivity (Wildman–Crippen MR) is 101 cm³/mol. The van der Waals surface area contributed by atoms with E-state index < -0.39 is 0 Å². The number of rotatable bonds is 1. The number of halogens is 2. The molecule has 0 unspecified atom stereocenters. The van der Waals surface area contributed by atoms with Gasteiger partial charge >= 0.3 is 0 Å². The number of aromatic nitrogens is 2. The number of hydrogen-bond acceptors (Lipinski definition) is 2. The maximum atomic E-state index is 4.80. The van der Waals surface area contributed by atoms with E-state index in [1.807, 2.05) is 11.3 Å². The summed E-state index contributed by atoms with van der Waals surface area (Å²) in [7, 11) is 0. The Morgan fingerprint density at radius 2 is 1.76 bits per heavy atom. The van der Waals surface area contributed by atoms with E-state index in [9.17, 15) is 0 Å². The van der Waals surface area contributed by atoms with Crippen LogP contribution in [0.5, 0.6) is 0 Å². The van der Waals surface area contributed by atoms with Gasteiger partial charge in [-0.3, -0.25) is 4.40 Å². The van der Waals surface area contributed by atoms with Gasteiger partial charge in [0.05, 0.1) is 5.69 Å². The lowest BCUT2D eigenvalue weighted by Gasteiger charge is -2.09. The lowest BCUT2D eigenvalue weighted by molar-refractivity contribution is 0.674. The van der Waals surface area contributed by atoms with Gasteiger partial charge in [0, 0.05) is 22.3 Å². The molecule has 4 rings (SSSR count). The number of nitrogens with zero attached hydrogens (tertiary/aromatic N) is 2. The van der Waals surface area contributed by atoms with E-state index in [2.05, 4.69) is 41.8 Å². The van der Waals surface area contributed by atoms with Crippen molar-refractivity contribution in [3.8, 4) is 11.3 Å². The first-order valence-corrected chi connectivity index (χ1v) is 7.69. The molecule has 1 aliphatic rings. The third-order valence-corrected chi connectivity index (χ3v) is 5.07. The second-order valence-corrected chi connectivity index (χ2v) is 6.39. The summed E-state index contributed by atoms with van der Waals surface area (Å²) in [6.45, 7) is 2.12. The molecule has 21 heavy (non-hydrogen) atoms. The van der Waals surface area contributed by atoms with Crippen molar-refractivity contribution in [1.29, 1.82) is 0 Å². The van der Waals surface area contributed by atoms with Gasteiger partial charge in [0.1, 0.15) is 0 Å². The summed E-state index contributed by atoms with van der Waals surface area (Å²) in [5.74, 6) is 0. The van der Waals surface area contributed by atoms with Gasteiger partial charge in [0.15, 0.2) is 4.96 Å². The Morgan fingerprint density at radius 3 is 2.52 bits per heavy atom. The van der Waals surface area contributed by atoms with Crippen molar-refractivity contribution < 1.29 is 0 Å². The molecule has 0 fully saturated rings. The summed E-state index contributed by atoms with van der Waals surface area (Å²) in [5, 5.41) is 0. The number of imidazole rings is 1. The Kier molecular flexibility index (Phi) is 5.28. The summed E-state index contributed by atoms with van der Waals surface area (Å²) < 4.78 is 2.31. The average Bonchev–Trinajstić information content (AvgIpc) is 2.97. The van der Waals surface area contributed by atoms with Crippen LogP contribution in [-0.2, 0) is 12.8 Å². The predicted octanol–water partition coefficient (Wildman–Crippen LogP) is 5.41. The van der Waals surface area contributed by atoms with Crippen molar-refractivity contribution >= 4 is 50.3 Å². The molecule has 1 aromatic carbocycles.